The summed E-state index contributed by atoms with van der Waals surface area (Å²) in [7, 11) is 0. The highest BCUT2D eigenvalue weighted by Crippen LogP contribution is 2.42. The average molecular weight is 637 g/mol. The Morgan fingerprint density at radius 3 is 2.13 bits per heavy atom. The third-order valence-corrected chi connectivity index (χ3v) is 9.10. The van der Waals surface area contributed by atoms with Crippen LogP contribution in [0.3, 0.4) is 0 Å². The molecule has 4 unspecified atom stereocenters. The van der Waals surface area contributed by atoms with E-state index in [4.69, 9.17) is 9.47 Å². The summed E-state index contributed by atoms with van der Waals surface area (Å²) < 4.78 is 13.3. The molecule has 0 bridgehead atoms. The van der Waals surface area contributed by atoms with Gasteiger partial charge in [0.05, 0.1) is 23.7 Å². The summed E-state index contributed by atoms with van der Waals surface area (Å²) in [6.45, 7) is 6.61. The number of hydrogen-bond acceptors (Lipinski definition) is 8. The standard InChI is InChI=1S/C37H40N4O6/c1-26-34(24-39-19-21-40(22-20-39)32-15-17-33(18-16-32)41(44)45)46-37(47-35(26)29-11-9-28(25-42)10-12-29)31-13-7-27(8-14-31)23-38-36(43)30-5-3-2-4-6-30/h2-18,26,34-35,37,42H,19-25H2,1H3,(H,38,43). The van der Waals surface area contributed by atoms with Crippen molar-refractivity contribution < 1.29 is 24.3 Å². The van der Waals surface area contributed by atoms with E-state index in [0.29, 0.717) is 12.1 Å². The van der Waals surface area contributed by atoms with Crippen LogP contribution in [0.5, 0.6) is 0 Å². The summed E-state index contributed by atoms with van der Waals surface area (Å²) in [5.41, 5.74) is 5.47. The van der Waals surface area contributed by atoms with Gasteiger partial charge < -0.3 is 24.8 Å². The quantitative estimate of drug-likeness (QED) is 0.170. The van der Waals surface area contributed by atoms with Gasteiger partial charge in [-0.1, -0.05) is 73.7 Å². The number of anilines is 1. The SMILES string of the molecule is CC1C(CN2CCN(c3ccc([N+](=O)[O-])cc3)CC2)OC(c2ccc(CNC(=O)c3ccccc3)cc2)OC1c1ccc(CO)cc1. The van der Waals surface area contributed by atoms with E-state index in [1.807, 2.05) is 78.9 Å². The second kappa shape index (κ2) is 14.9. The maximum atomic E-state index is 12.5. The second-order valence-corrected chi connectivity index (χ2v) is 12.2. The first-order chi connectivity index (χ1) is 22.9. The number of hydrogen-bond donors (Lipinski definition) is 2. The van der Waals surface area contributed by atoms with Crippen molar-refractivity contribution in [1.82, 2.24) is 10.2 Å². The first-order valence-corrected chi connectivity index (χ1v) is 16.0. The molecule has 2 aliphatic heterocycles. The van der Waals surface area contributed by atoms with Gasteiger partial charge in [-0.05, 0) is 41.0 Å². The first kappa shape index (κ1) is 32.3. The number of aliphatic hydroxyl groups excluding tert-OH is 1. The van der Waals surface area contributed by atoms with E-state index in [1.165, 1.54) is 0 Å². The predicted octanol–water partition coefficient (Wildman–Crippen LogP) is 5.63. The molecule has 0 aromatic heterocycles. The maximum Gasteiger partial charge on any atom is 0.269 e. The van der Waals surface area contributed by atoms with Crippen LogP contribution in [-0.4, -0.2) is 59.7 Å². The fourth-order valence-corrected chi connectivity index (χ4v) is 6.22. The molecule has 0 radical (unpaired) electrons. The Hall–Kier alpha value is -4.61. The number of nitro groups is 1. The zero-order valence-electron chi connectivity index (χ0n) is 26.4. The van der Waals surface area contributed by atoms with Crippen LogP contribution in [0.25, 0.3) is 0 Å². The van der Waals surface area contributed by atoms with E-state index in [0.717, 1.165) is 60.7 Å². The molecule has 2 aliphatic rings. The van der Waals surface area contributed by atoms with Crippen molar-refractivity contribution in [3.8, 4) is 0 Å². The molecule has 4 atom stereocenters. The van der Waals surface area contributed by atoms with Crippen LogP contribution in [0.4, 0.5) is 11.4 Å². The maximum absolute atomic E-state index is 12.5. The zero-order chi connectivity index (χ0) is 32.8. The van der Waals surface area contributed by atoms with Crippen molar-refractivity contribution in [3.05, 3.63) is 141 Å². The van der Waals surface area contributed by atoms with Crippen LogP contribution in [0.2, 0.25) is 0 Å². The van der Waals surface area contributed by atoms with Crippen molar-refractivity contribution in [1.29, 1.82) is 0 Å². The van der Waals surface area contributed by atoms with Crippen molar-refractivity contribution in [2.45, 2.75) is 38.6 Å². The first-order valence-electron chi connectivity index (χ1n) is 16.0. The van der Waals surface area contributed by atoms with Crippen molar-refractivity contribution in [3.63, 3.8) is 0 Å². The van der Waals surface area contributed by atoms with Gasteiger partial charge in [0.15, 0.2) is 6.29 Å². The van der Waals surface area contributed by atoms with Gasteiger partial charge >= 0.3 is 0 Å². The smallest absolute Gasteiger partial charge is 0.269 e. The number of amides is 1. The molecule has 10 nitrogen and oxygen atoms in total. The molecule has 1 amide bonds. The molecule has 2 saturated heterocycles. The number of rotatable bonds is 10. The van der Waals surface area contributed by atoms with Crippen molar-refractivity contribution in [2.75, 3.05) is 37.6 Å². The van der Waals surface area contributed by atoms with Gasteiger partial charge in [-0.2, -0.15) is 0 Å². The van der Waals surface area contributed by atoms with Gasteiger partial charge in [-0.3, -0.25) is 19.8 Å². The molecule has 2 heterocycles. The van der Waals surface area contributed by atoms with Gasteiger partial charge in [0.25, 0.3) is 11.6 Å². The number of aliphatic hydroxyl groups is 1. The lowest BCUT2D eigenvalue weighted by molar-refractivity contribution is -0.384. The molecular weight excluding hydrogens is 596 g/mol. The number of nitrogens with one attached hydrogen (secondary N) is 1. The summed E-state index contributed by atoms with van der Waals surface area (Å²) in [6, 6.07) is 31.8. The lowest BCUT2D eigenvalue weighted by Gasteiger charge is -2.44. The largest absolute Gasteiger partial charge is 0.392 e. The minimum atomic E-state index is -0.576. The van der Waals surface area contributed by atoms with E-state index in [1.54, 1.807) is 24.3 Å². The molecule has 0 saturated carbocycles. The average Bonchev–Trinajstić information content (AvgIpc) is 3.12. The van der Waals surface area contributed by atoms with Gasteiger partial charge in [-0.25, -0.2) is 0 Å². The second-order valence-electron chi connectivity index (χ2n) is 12.2. The van der Waals surface area contributed by atoms with Crippen molar-refractivity contribution >= 4 is 17.3 Å². The summed E-state index contributed by atoms with van der Waals surface area (Å²) in [4.78, 5) is 27.9. The minimum Gasteiger partial charge on any atom is -0.392 e. The number of piperazine rings is 1. The monoisotopic (exact) mass is 636 g/mol. The Labute approximate surface area is 274 Å². The molecule has 4 aromatic carbocycles. The molecule has 2 N–H and O–H groups in total. The molecule has 2 fully saturated rings. The van der Waals surface area contributed by atoms with Gasteiger partial charge in [-0.15, -0.1) is 0 Å². The highest BCUT2D eigenvalue weighted by atomic mass is 16.7. The topological polar surface area (TPSA) is 117 Å². The van der Waals surface area contributed by atoms with E-state index in [-0.39, 0.29) is 41.3 Å². The van der Waals surface area contributed by atoms with Crippen LogP contribution < -0.4 is 10.2 Å². The fourth-order valence-electron chi connectivity index (χ4n) is 6.22. The number of carbonyl (C=O) groups is 1. The lowest BCUT2D eigenvalue weighted by atomic mass is 9.90. The minimum absolute atomic E-state index is 0.0142. The third kappa shape index (κ3) is 7.86. The van der Waals surface area contributed by atoms with Gasteiger partial charge in [0.1, 0.15) is 0 Å². The molecule has 4 aromatic rings. The van der Waals surface area contributed by atoms with E-state index < -0.39 is 6.29 Å². The molecular formula is C37H40N4O6. The summed E-state index contributed by atoms with van der Waals surface area (Å²) >= 11 is 0. The Morgan fingerprint density at radius 1 is 0.851 bits per heavy atom. The molecule has 6 rings (SSSR count). The Bertz CT molecular complexity index is 1620. The summed E-state index contributed by atoms with van der Waals surface area (Å²) in [5.74, 6) is -0.0551. The molecule has 0 aliphatic carbocycles. The highest BCUT2D eigenvalue weighted by molar-refractivity contribution is 5.94. The van der Waals surface area contributed by atoms with Crippen LogP contribution in [-0.2, 0) is 22.6 Å². The number of carbonyl (C=O) groups excluding carboxylic acids is 1. The highest BCUT2D eigenvalue weighted by Gasteiger charge is 2.39. The zero-order valence-corrected chi connectivity index (χ0v) is 26.4. The lowest BCUT2D eigenvalue weighted by Crippen LogP contribution is -2.51. The van der Waals surface area contributed by atoms with E-state index in [2.05, 4.69) is 22.0 Å². The van der Waals surface area contributed by atoms with E-state index in [9.17, 15) is 20.0 Å². The number of benzene rings is 4. The normalized spacial score (nSPS) is 21.7. The number of nitrogens with zero attached hydrogens (tertiary/aromatic N) is 3. The van der Waals surface area contributed by atoms with Crippen molar-refractivity contribution in [2.24, 2.45) is 5.92 Å². The Kier molecular flexibility index (Phi) is 10.2. The van der Waals surface area contributed by atoms with Crippen LogP contribution in [0.15, 0.2) is 103 Å². The van der Waals surface area contributed by atoms with Gasteiger partial charge in [0, 0.05) is 74.1 Å². The van der Waals surface area contributed by atoms with Crippen LogP contribution in [0, 0.1) is 16.0 Å². The Morgan fingerprint density at radius 2 is 1.49 bits per heavy atom. The molecule has 0 spiro atoms. The number of nitro benzene ring substituents is 1. The van der Waals surface area contributed by atoms with Crippen LogP contribution in [0.1, 0.15) is 51.9 Å². The van der Waals surface area contributed by atoms with Crippen LogP contribution >= 0.6 is 0 Å². The van der Waals surface area contributed by atoms with E-state index >= 15 is 0 Å². The summed E-state index contributed by atoms with van der Waals surface area (Å²) in [6.07, 6.45) is -0.891. The number of ether oxygens (including phenoxy) is 2. The fraction of sp³-hybridized carbons (Fsp3) is 0.324. The van der Waals surface area contributed by atoms with Gasteiger partial charge in [0.2, 0.25) is 0 Å². The predicted molar refractivity (Wildman–Crippen MR) is 179 cm³/mol. The molecule has 244 valence electrons. The Balaban J connectivity index is 1.13. The number of non-ortho nitro benzene ring substituents is 1. The molecule has 10 heteroatoms. The molecule has 47 heavy (non-hydrogen) atoms. The third-order valence-electron chi connectivity index (χ3n) is 9.10. The summed E-state index contributed by atoms with van der Waals surface area (Å²) in [5, 5.41) is 23.6.